The Morgan fingerprint density at radius 2 is 1.83 bits per heavy atom. The van der Waals surface area contributed by atoms with Crippen LogP contribution in [0.3, 0.4) is 0 Å². The highest BCUT2D eigenvalue weighted by Crippen LogP contribution is 2.39. The van der Waals surface area contributed by atoms with Gasteiger partial charge in [0.1, 0.15) is 6.04 Å². The molecule has 2 N–H and O–H groups in total. The molecule has 1 atom stereocenters. The van der Waals surface area contributed by atoms with Gasteiger partial charge in [0.2, 0.25) is 5.95 Å². The van der Waals surface area contributed by atoms with Crippen molar-refractivity contribution in [2.24, 2.45) is 0 Å². The van der Waals surface area contributed by atoms with Crippen LogP contribution >= 0.6 is 0 Å². The lowest BCUT2D eigenvalue weighted by Gasteiger charge is -2.29. The van der Waals surface area contributed by atoms with Crippen molar-refractivity contribution < 1.29 is 14.3 Å². The number of hydrogen-bond acceptors (Lipinski definition) is 7. The summed E-state index contributed by atoms with van der Waals surface area (Å²) < 4.78 is 12.7. The van der Waals surface area contributed by atoms with Crippen molar-refractivity contribution in [3.63, 3.8) is 0 Å². The van der Waals surface area contributed by atoms with Crippen molar-refractivity contribution >= 4 is 17.5 Å². The van der Waals surface area contributed by atoms with Crippen LogP contribution in [0.4, 0.5) is 11.6 Å². The average molecular weight is 469 g/mol. The maximum Gasteiger partial charge on any atom is 0.255 e. The van der Waals surface area contributed by atoms with Crippen LogP contribution in [0.2, 0.25) is 0 Å². The lowest BCUT2D eigenvalue weighted by molar-refractivity contribution is -0.113. The van der Waals surface area contributed by atoms with Crippen molar-refractivity contribution in [2.75, 3.05) is 24.9 Å². The van der Waals surface area contributed by atoms with E-state index in [1.165, 1.54) is 0 Å². The third kappa shape index (κ3) is 4.19. The fourth-order valence-corrected chi connectivity index (χ4v) is 4.11. The first-order valence-corrected chi connectivity index (χ1v) is 11.0. The number of carbonyl (C=O) groups is 1. The number of carbonyl (C=O) groups excluding carboxylic acids is 1. The summed E-state index contributed by atoms with van der Waals surface area (Å²) in [6.45, 7) is 1.86. The number of hydrogen-bond donors (Lipinski definition) is 2. The lowest BCUT2D eigenvalue weighted by atomic mass is 9.94. The quantitative estimate of drug-likeness (QED) is 0.435. The second-order valence-corrected chi connectivity index (χ2v) is 7.95. The van der Waals surface area contributed by atoms with Gasteiger partial charge in [-0.1, -0.05) is 24.3 Å². The Labute approximate surface area is 202 Å². The van der Waals surface area contributed by atoms with E-state index >= 15 is 0 Å². The van der Waals surface area contributed by atoms with E-state index in [1.807, 2.05) is 67.6 Å². The normalized spacial score (nSPS) is 14.7. The molecule has 35 heavy (non-hydrogen) atoms. The first kappa shape index (κ1) is 22.1. The summed E-state index contributed by atoms with van der Waals surface area (Å²) >= 11 is 0. The summed E-state index contributed by atoms with van der Waals surface area (Å²) in [5.74, 6) is 1.93. The third-order valence-electron chi connectivity index (χ3n) is 5.77. The molecule has 0 fully saturated rings. The van der Waals surface area contributed by atoms with Gasteiger partial charge in [0.05, 0.1) is 19.8 Å². The molecule has 2 aromatic heterocycles. The second kappa shape index (κ2) is 9.30. The van der Waals surface area contributed by atoms with Crippen molar-refractivity contribution in [2.45, 2.75) is 13.0 Å². The van der Waals surface area contributed by atoms with Gasteiger partial charge in [-0.2, -0.15) is 4.98 Å². The van der Waals surface area contributed by atoms with Crippen LogP contribution in [0.25, 0.3) is 11.4 Å². The fourth-order valence-electron chi connectivity index (χ4n) is 4.11. The summed E-state index contributed by atoms with van der Waals surface area (Å²) in [6, 6.07) is 18.1. The van der Waals surface area contributed by atoms with E-state index < -0.39 is 6.04 Å². The molecule has 1 amide bonds. The lowest BCUT2D eigenvalue weighted by Crippen LogP contribution is -2.31. The van der Waals surface area contributed by atoms with E-state index in [1.54, 1.807) is 31.3 Å². The Hall–Kier alpha value is -4.66. The van der Waals surface area contributed by atoms with Crippen molar-refractivity contribution in [3.05, 3.63) is 89.9 Å². The predicted molar refractivity (Wildman–Crippen MR) is 132 cm³/mol. The van der Waals surface area contributed by atoms with Crippen LogP contribution < -0.4 is 20.1 Å². The van der Waals surface area contributed by atoms with E-state index in [0.29, 0.717) is 40.2 Å². The number of allylic oxidation sites excluding steroid dienone is 1. The fraction of sp³-hybridized carbons (Fsp3) is 0.154. The van der Waals surface area contributed by atoms with E-state index in [9.17, 15) is 4.79 Å². The molecule has 1 aliphatic rings. The maximum absolute atomic E-state index is 13.6. The Kier molecular flexibility index (Phi) is 5.88. The van der Waals surface area contributed by atoms with Crippen LogP contribution in [-0.4, -0.2) is 39.9 Å². The van der Waals surface area contributed by atoms with Crippen LogP contribution in [0.15, 0.2) is 84.3 Å². The molecule has 2 aromatic carbocycles. The van der Waals surface area contributed by atoms with Gasteiger partial charge in [-0.3, -0.25) is 9.78 Å². The van der Waals surface area contributed by atoms with Gasteiger partial charge in [-0.05, 0) is 48.9 Å². The van der Waals surface area contributed by atoms with Gasteiger partial charge in [0.25, 0.3) is 5.91 Å². The molecule has 9 nitrogen and oxygen atoms in total. The van der Waals surface area contributed by atoms with Crippen LogP contribution in [-0.2, 0) is 4.79 Å². The molecule has 0 bridgehead atoms. The highest BCUT2D eigenvalue weighted by Gasteiger charge is 2.35. The summed E-state index contributed by atoms with van der Waals surface area (Å²) in [4.78, 5) is 22.4. The number of para-hydroxylation sites is 1. The van der Waals surface area contributed by atoms with E-state index in [-0.39, 0.29) is 5.91 Å². The molecule has 5 rings (SSSR count). The van der Waals surface area contributed by atoms with Crippen molar-refractivity contribution in [3.8, 4) is 22.9 Å². The maximum atomic E-state index is 13.6. The molecule has 9 heteroatoms. The Morgan fingerprint density at radius 3 is 2.54 bits per heavy atom. The number of aromatic nitrogens is 4. The van der Waals surface area contributed by atoms with Gasteiger partial charge in [-0.25, -0.2) is 4.68 Å². The highest BCUT2D eigenvalue weighted by molar-refractivity contribution is 6.06. The molecular weight excluding hydrogens is 444 g/mol. The summed E-state index contributed by atoms with van der Waals surface area (Å²) in [7, 11) is 3.16. The number of fused-ring (bicyclic) bond motifs is 1. The largest absolute Gasteiger partial charge is 0.493 e. The number of benzene rings is 2. The molecule has 0 saturated carbocycles. The van der Waals surface area contributed by atoms with E-state index in [4.69, 9.17) is 14.6 Å². The zero-order chi connectivity index (χ0) is 24.4. The van der Waals surface area contributed by atoms with E-state index in [2.05, 4.69) is 20.6 Å². The van der Waals surface area contributed by atoms with Gasteiger partial charge in [0, 0.05) is 29.3 Å². The Bertz CT molecular complexity index is 1400. The Balaban J connectivity index is 1.63. The van der Waals surface area contributed by atoms with Crippen LogP contribution in [0.1, 0.15) is 18.5 Å². The topological polar surface area (TPSA) is 103 Å². The number of methoxy groups -OCH3 is 2. The minimum atomic E-state index is -0.562. The standard InChI is InChI=1S/C26H24N6O3/c1-16-22(25(33)29-19-9-5-4-6-10-19)23(17-11-12-20(34-2)21(14-17)35-3)32-26(28-16)30-24(31-32)18-8-7-13-27-15-18/h4-15,23H,1-3H3,(H,29,33)(H,28,30,31)/t23-/m0/s1. The van der Waals surface area contributed by atoms with Crippen molar-refractivity contribution in [1.29, 1.82) is 0 Å². The Morgan fingerprint density at radius 1 is 1.03 bits per heavy atom. The second-order valence-electron chi connectivity index (χ2n) is 7.95. The zero-order valence-electron chi connectivity index (χ0n) is 19.5. The van der Waals surface area contributed by atoms with Crippen LogP contribution in [0.5, 0.6) is 11.5 Å². The highest BCUT2D eigenvalue weighted by atomic mass is 16.5. The zero-order valence-corrected chi connectivity index (χ0v) is 19.5. The monoisotopic (exact) mass is 468 g/mol. The molecule has 0 saturated heterocycles. The van der Waals surface area contributed by atoms with Gasteiger partial charge >= 0.3 is 0 Å². The molecule has 0 radical (unpaired) electrons. The first-order valence-electron chi connectivity index (χ1n) is 11.0. The first-order chi connectivity index (χ1) is 17.1. The summed E-state index contributed by atoms with van der Waals surface area (Å²) in [5.41, 5.74) is 3.46. The van der Waals surface area contributed by atoms with Gasteiger partial charge in [-0.15, -0.1) is 5.10 Å². The smallest absolute Gasteiger partial charge is 0.255 e. The third-order valence-corrected chi connectivity index (χ3v) is 5.77. The number of rotatable bonds is 6. The minimum Gasteiger partial charge on any atom is -0.493 e. The number of amides is 1. The predicted octanol–water partition coefficient (Wildman–Crippen LogP) is 4.28. The van der Waals surface area contributed by atoms with E-state index in [0.717, 1.165) is 11.1 Å². The van der Waals surface area contributed by atoms with Gasteiger partial charge in [0.15, 0.2) is 17.3 Å². The number of nitrogens with zero attached hydrogens (tertiary/aromatic N) is 4. The summed E-state index contributed by atoms with van der Waals surface area (Å²) in [6.07, 6.45) is 3.40. The van der Waals surface area contributed by atoms with Crippen molar-refractivity contribution in [1.82, 2.24) is 19.7 Å². The average Bonchev–Trinajstić information content (AvgIpc) is 3.32. The minimum absolute atomic E-state index is 0.245. The molecule has 0 spiro atoms. The number of nitrogens with one attached hydrogen (secondary N) is 2. The molecular formula is C26H24N6O3. The molecule has 0 aliphatic carbocycles. The molecule has 0 unspecified atom stereocenters. The number of pyridine rings is 1. The summed E-state index contributed by atoms with van der Waals surface area (Å²) in [5, 5.41) is 11.0. The number of anilines is 2. The number of ether oxygens (including phenoxy) is 2. The molecule has 3 heterocycles. The molecule has 4 aromatic rings. The van der Waals surface area contributed by atoms with Crippen LogP contribution in [0, 0.1) is 0 Å². The SMILES string of the molecule is COc1ccc([C@H]2C(C(=O)Nc3ccccc3)=C(C)Nc3nc(-c4cccnc4)nn32)cc1OC. The molecule has 1 aliphatic heterocycles. The van der Waals surface area contributed by atoms with Gasteiger partial charge < -0.3 is 20.1 Å². The molecule has 176 valence electrons.